The molecule has 0 aliphatic rings. The van der Waals surface area contributed by atoms with Gasteiger partial charge >= 0.3 is 0 Å². The van der Waals surface area contributed by atoms with E-state index in [-0.39, 0.29) is 5.91 Å². The lowest BCUT2D eigenvalue weighted by atomic mass is 10.3. The molecule has 1 aromatic heterocycles. The lowest BCUT2D eigenvalue weighted by molar-refractivity contribution is 0.101. The van der Waals surface area contributed by atoms with E-state index >= 15 is 0 Å². The van der Waals surface area contributed by atoms with Gasteiger partial charge in [-0.05, 0) is 50.1 Å². The number of rotatable bonds is 2. The van der Waals surface area contributed by atoms with Crippen molar-refractivity contribution >= 4 is 43.5 Å². The Kier molecular flexibility index (Phi) is 3.69. The minimum Gasteiger partial charge on any atom is -0.345 e. The van der Waals surface area contributed by atoms with E-state index in [1.54, 1.807) is 10.6 Å². The molecule has 1 heterocycles. The van der Waals surface area contributed by atoms with E-state index in [9.17, 15) is 4.79 Å². The van der Waals surface area contributed by atoms with Crippen molar-refractivity contribution in [3.8, 4) is 0 Å². The minimum absolute atomic E-state index is 0.134. The largest absolute Gasteiger partial charge is 0.345 e. The number of para-hydroxylation sites is 1. The molecule has 2 rings (SSSR count). The lowest BCUT2D eigenvalue weighted by Gasteiger charge is -2.07. The Labute approximate surface area is 116 Å². The molecule has 0 bridgehead atoms. The normalized spacial score (nSPS) is 10.3. The zero-order valence-electron chi connectivity index (χ0n) is 9.08. The molecule has 17 heavy (non-hydrogen) atoms. The Bertz CT molecular complexity index is 563. The first kappa shape index (κ1) is 12.4. The van der Waals surface area contributed by atoms with Gasteiger partial charge in [-0.2, -0.15) is 0 Å². The van der Waals surface area contributed by atoms with E-state index < -0.39 is 0 Å². The number of aromatic nitrogens is 1. The van der Waals surface area contributed by atoms with Gasteiger partial charge in [0.2, 0.25) is 0 Å². The second kappa shape index (κ2) is 5.06. The number of benzene rings is 1. The van der Waals surface area contributed by atoms with Crippen LogP contribution in [0.25, 0.3) is 0 Å². The summed E-state index contributed by atoms with van der Waals surface area (Å²) in [6, 6.07) is 9.29. The smallest absolute Gasteiger partial charge is 0.272 e. The summed E-state index contributed by atoms with van der Waals surface area (Å²) in [5, 5.41) is 2.85. The zero-order valence-corrected chi connectivity index (χ0v) is 12.2. The van der Waals surface area contributed by atoms with E-state index in [2.05, 4.69) is 37.2 Å². The number of anilines is 1. The average molecular weight is 358 g/mol. The van der Waals surface area contributed by atoms with Gasteiger partial charge in [-0.3, -0.25) is 4.79 Å². The third kappa shape index (κ3) is 2.79. The molecule has 0 spiro atoms. The Hall–Kier alpha value is -1.07. The number of amides is 1. The second-order valence-corrected chi connectivity index (χ2v) is 5.36. The number of carbonyl (C=O) groups excluding carboxylic acids is 1. The molecule has 88 valence electrons. The van der Waals surface area contributed by atoms with Gasteiger partial charge in [0.05, 0.1) is 5.69 Å². The van der Waals surface area contributed by atoms with Crippen molar-refractivity contribution in [2.75, 3.05) is 5.32 Å². The second-order valence-electron chi connectivity index (χ2n) is 3.59. The van der Waals surface area contributed by atoms with Gasteiger partial charge < -0.3 is 9.88 Å². The lowest BCUT2D eigenvalue weighted by Crippen LogP contribution is -2.15. The highest BCUT2D eigenvalue weighted by Crippen LogP contribution is 2.22. The Balaban J connectivity index is 2.23. The van der Waals surface area contributed by atoms with Crippen LogP contribution in [0.3, 0.4) is 0 Å². The molecule has 1 amide bonds. The van der Waals surface area contributed by atoms with Crippen LogP contribution in [0.2, 0.25) is 0 Å². The molecule has 0 aliphatic carbocycles. The molecule has 2 aromatic rings. The fourth-order valence-corrected chi connectivity index (χ4v) is 2.41. The van der Waals surface area contributed by atoms with Crippen molar-refractivity contribution in [1.29, 1.82) is 0 Å². The van der Waals surface area contributed by atoms with Crippen LogP contribution in [0, 0.1) is 0 Å². The quantitative estimate of drug-likeness (QED) is 0.871. The highest BCUT2D eigenvalue weighted by Gasteiger charge is 2.12. The Morgan fingerprint density at radius 1 is 1.29 bits per heavy atom. The van der Waals surface area contributed by atoms with Crippen molar-refractivity contribution in [2.45, 2.75) is 0 Å². The van der Waals surface area contributed by atoms with Gasteiger partial charge in [-0.1, -0.05) is 12.1 Å². The van der Waals surface area contributed by atoms with Gasteiger partial charge in [-0.15, -0.1) is 0 Å². The van der Waals surface area contributed by atoms with E-state index in [4.69, 9.17) is 0 Å². The number of hydrogen-bond donors (Lipinski definition) is 1. The molecule has 3 nitrogen and oxygen atoms in total. The summed E-state index contributed by atoms with van der Waals surface area (Å²) in [7, 11) is 1.83. The fraction of sp³-hybridized carbons (Fsp3) is 0.0833. The number of halogens is 2. The SMILES string of the molecule is Cn1cc(Br)cc1C(=O)Nc1ccccc1Br. The van der Waals surface area contributed by atoms with Gasteiger partial charge in [0.1, 0.15) is 5.69 Å². The van der Waals surface area contributed by atoms with Gasteiger partial charge in [0.15, 0.2) is 0 Å². The molecule has 0 aliphatic heterocycles. The van der Waals surface area contributed by atoms with Gasteiger partial charge in [0.25, 0.3) is 5.91 Å². The van der Waals surface area contributed by atoms with Crippen LogP contribution in [0.1, 0.15) is 10.5 Å². The van der Waals surface area contributed by atoms with Gasteiger partial charge in [0, 0.05) is 22.2 Å². The number of hydrogen-bond acceptors (Lipinski definition) is 1. The minimum atomic E-state index is -0.134. The fourth-order valence-electron chi connectivity index (χ4n) is 1.50. The standard InChI is InChI=1S/C12H10Br2N2O/c1-16-7-8(13)6-11(16)12(17)15-10-5-3-2-4-9(10)14/h2-7H,1H3,(H,15,17). The third-order valence-electron chi connectivity index (χ3n) is 2.33. The van der Waals surface area contributed by atoms with E-state index in [0.29, 0.717) is 5.69 Å². The first-order valence-corrected chi connectivity index (χ1v) is 6.54. The van der Waals surface area contributed by atoms with Crippen molar-refractivity contribution < 1.29 is 4.79 Å². The van der Waals surface area contributed by atoms with E-state index in [1.807, 2.05) is 37.5 Å². The Morgan fingerprint density at radius 2 is 2.00 bits per heavy atom. The summed E-state index contributed by atoms with van der Waals surface area (Å²) in [6.45, 7) is 0. The van der Waals surface area contributed by atoms with E-state index in [0.717, 1.165) is 14.6 Å². The molecule has 5 heteroatoms. The maximum Gasteiger partial charge on any atom is 0.272 e. The highest BCUT2D eigenvalue weighted by molar-refractivity contribution is 9.10. The maximum atomic E-state index is 12.0. The van der Waals surface area contributed by atoms with Crippen molar-refractivity contribution in [3.05, 3.63) is 51.2 Å². The summed E-state index contributed by atoms with van der Waals surface area (Å²) >= 11 is 6.73. The summed E-state index contributed by atoms with van der Waals surface area (Å²) in [4.78, 5) is 12.0. The predicted octanol–water partition coefficient (Wildman–Crippen LogP) is 3.80. The van der Waals surface area contributed by atoms with Crippen molar-refractivity contribution in [1.82, 2.24) is 4.57 Å². The monoisotopic (exact) mass is 356 g/mol. The van der Waals surface area contributed by atoms with Crippen LogP contribution in [0.5, 0.6) is 0 Å². The van der Waals surface area contributed by atoms with Crippen LogP contribution in [0.4, 0.5) is 5.69 Å². The van der Waals surface area contributed by atoms with Crippen LogP contribution >= 0.6 is 31.9 Å². The summed E-state index contributed by atoms with van der Waals surface area (Å²) in [6.07, 6.45) is 1.84. The van der Waals surface area contributed by atoms with Crippen LogP contribution < -0.4 is 5.32 Å². The molecule has 0 unspecified atom stereocenters. The zero-order chi connectivity index (χ0) is 12.4. The van der Waals surface area contributed by atoms with Crippen molar-refractivity contribution in [3.63, 3.8) is 0 Å². The molecule has 0 saturated carbocycles. The maximum absolute atomic E-state index is 12.0. The molecule has 1 N–H and O–H groups in total. The van der Waals surface area contributed by atoms with Crippen LogP contribution in [-0.4, -0.2) is 10.5 Å². The van der Waals surface area contributed by atoms with Crippen molar-refractivity contribution in [2.24, 2.45) is 7.05 Å². The number of nitrogens with zero attached hydrogens (tertiary/aromatic N) is 1. The number of aryl methyl sites for hydroxylation is 1. The Morgan fingerprint density at radius 3 is 2.59 bits per heavy atom. The first-order chi connectivity index (χ1) is 8.08. The van der Waals surface area contributed by atoms with E-state index in [1.165, 1.54) is 0 Å². The van der Waals surface area contributed by atoms with Crippen LogP contribution in [-0.2, 0) is 7.05 Å². The first-order valence-electron chi connectivity index (χ1n) is 4.95. The summed E-state index contributed by atoms with van der Waals surface area (Å²) in [5.41, 5.74) is 1.36. The molecule has 0 radical (unpaired) electrons. The number of carbonyl (C=O) groups is 1. The molecule has 0 fully saturated rings. The average Bonchev–Trinajstić information content (AvgIpc) is 2.61. The number of nitrogens with one attached hydrogen (secondary N) is 1. The third-order valence-corrected chi connectivity index (χ3v) is 3.45. The molecular formula is C12H10Br2N2O. The summed E-state index contributed by atoms with van der Waals surface area (Å²) < 4.78 is 3.52. The summed E-state index contributed by atoms with van der Waals surface area (Å²) in [5.74, 6) is -0.134. The molecule has 0 saturated heterocycles. The molecular weight excluding hydrogens is 348 g/mol. The van der Waals surface area contributed by atoms with Crippen LogP contribution in [0.15, 0.2) is 45.5 Å². The highest BCUT2D eigenvalue weighted by atomic mass is 79.9. The topological polar surface area (TPSA) is 34.0 Å². The molecule has 1 aromatic carbocycles. The predicted molar refractivity (Wildman–Crippen MR) is 75.2 cm³/mol. The molecule has 0 atom stereocenters. The van der Waals surface area contributed by atoms with Gasteiger partial charge in [-0.25, -0.2) is 0 Å².